The van der Waals surface area contributed by atoms with Crippen LogP contribution < -0.4 is 114 Å². The molecule has 0 heterocycles. The van der Waals surface area contributed by atoms with E-state index in [1.165, 1.54) is 54.2 Å². The molecule has 6 N–H and O–H groups in total. The number of aliphatic hydroxyl groups excluding tert-OH is 1. The first-order valence-corrected chi connectivity index (χ1v) is 39.9. The van der Waals surface area contributed by atoms with Gasteiger partial charge < -0.3 is 37.7 Å². The van der Waals surface area contributed by atoms with Gasteiger partial charge in [0.1, 0.15) is 16.8 Å². The van der Waals surface area contributed by atoms with Crippen LogP contribution >= 0.6 is 43.6 Å². The summed E-state index contributed by atoms with van der Waals surface area (Å²) >= 11 is 7.85. The normalized spacial score (nSPS) is 11.3. The maximum atomic E-state index is 12.3. The van der Waals surface area contributed by atoms with Crippen LogP contribution in [0.1, 0.15) is 177 Å². The molecule has 0 saturated heterocycles. The van der Waals surface area contributed by atoms with Crippen LogP contribution in [0.3, 0.4) is 0 Å². The summed E-state index contributed by atoms with van der Waals surface area (Å²) in [6.45, 7) is 13.8. The zero-order chi connectivity index (χ0) is 79.8. The van der Waals surface area contributed by atoms with Gasteiger partial charge in [0.05, 0.1) is 31.9 Å². The van der Waals surface area contributed by atoms with Crippen LogP contribution in [0.2, 0.25) is 0 Å². The molecule has 0 atom stereocenters. The van der Waals surface area contributed by atoms with Gasteiger partial charge in [-0.15, -0.1) is 18.2 Å². The molecule has 0 aliphatic carbocycles. The summed E-state index contributed by atoms with van der Waals surface area (Å²) in [5, 5.41) is 46.6. The Kier molecular flexibility index (Phi) is 61.9. The number of benzene rings is 4. The number of terminal acetylenes is 1. The predicted octanol–water partition coefficient (Wildman–Crippen LogP) is 8.25. The average molecular weight is 1750 g/mol. The molecular formula is C71H94Br2F9K2NO16S4. The van der Waals surface area contributed by atoms with Gasteiger partial charge in [0, 0.05) is 57.4 Å². The minimum atomic E-state index is -4.95. The molecule has 0 aromatic heterocycles. The van der Waals surface area contributed by atoms with Gasteiger partial charge in [0.2, 0.25) is 17.3 Å². The second-order valence-electron chi connectivity index (χ2n) is 22.4. The summed E-state index contributed by atoms with van der Waals surface area (Å²) in [5.41, 5.74) is 3.33. The smallest absolute Gasteiger partial charge is 1.00 e. The minimum Gasteiger partial charge on any atom is -1.00 e. The summed E-state index contributed by atoms with van der Waals surface area (Å²) < 4.78 is 182. The van der Waals surface area contributed by atoms with Crippen molar-refractivity contribution in [2.45, 2.75) is 219 Å². The SMILES string of the molecule is C#CC(O)(CCC)CCC.CCCC(O)(C#Cc1cccc(S(=O)(=O)CCCC(=O)C(F)(F)F)c1)CCC.CCCC(O)(C#Cc1cccc(S(=O)(=O)CCN)c1)CCC.CCO.O=C(CCCS(=O)(=O)c1cccc(Br)c1)C(F)(F)F.O=C(CCCSc1cccc(Br)c1)C(F)(F)F.O=CO[O-].[H-].[K+].[K+]. The molecule has 582 valence electrons. The molecule has 4 aromatic carbocycles. The number of aliphatic hydroxyl groups is 4. The molecule has 0 fully saturated rings. The third kappa shape index (κ3) is 52.5. The fourth-order valence-electron chi connectivity index (χ4n) is 8.58. The standard InChI is InChI=1S/C20H25F3O4S.C17H25NO3S.C11H10BrF3O3S.C11H10BrF3OS.C9H16O.C2H6O.CH2O3.2K.H/c1-3-11-19(25,12-4-2)13-10-16-7-5-8-17(15-16)28(26,27)14-6-9-18(24)20(21,22)23;1-3-9-17(19,10-4-2)11-8-15-6-5-7-16(14-15)22(20,21)13-12-18;12-8-3-1-4-9(7-8)19(17,18)6-2-5-10(16)11(13,14)15;12-8-3-1-4-9(7-8)17-6-2-5-10(16)11(13,14)15;1-4-7-9(10,6-3)8-5-2;1-2-3;2-1-4-3;;;/h5,7-8,15,25H,3-4,6,9,11-12,14H2,1-2H3;5-7,14,19H,3-4,9-10,12-13,18H2,1-2H3;1,3-4,7H,2,5-6H2;1,3-4,7H,2,5-6H2;3,10H,4-5,7-8H2,1-2H3;3H,2H2,1H3;1,3H;;;/q;;;;;;;2*+1;-1/p-1. The summed E-state index contributed by atoms with van der Waals surface area (Å²) in [7, 11) is -10.9. The molecule has 4 aromatic rings. The summed E-state index contributed by atoms with van der Waals surface area (Å²) in [4.78, 5) is 44.4. The quantitative estimate of drug-likeness (QED) is 0.00463. The molecule has 34 heteroatoms. The number of sulfone groups is 3. The van der Waals surface area contributed by atoms with E-state index in [9.17, 15) is 94.5 Å². The first-order valence-electron chi connectivity index (χ1n) is 32.4. The van der Waals surface area contributed by atoms with E-state index in [0.29, 0.717) is 47.0 Å². The minimum absolute atomic E-state index is 0. The van der Waals surface area contributed by atoms with E-state index in [4.69, 9.17) is 27.3 Å². The molecule has 0 radical (unpaired) electrons. The number of rotatable bonds is 31. The maximum Gasteiger partial charge on any atom is 1.00 e. The Balaban J connectivity index is -0.000000293. The molecule has 0 aliphatic rings. The summed E-state index contributed by atoms with van der Waals surface area (Å²) in [6, 6.07) is 25.6. The average Bonchev–Trinajstić information content (AvgIpc) is 0.842. The van der Waals surface area contributed by atoms with Crippen molar-refractivity contribution in [1.29, 1.82) is 0 Å². The van der Waals surface area contributed by atoms with Crippen molar-refractivity contribution in [3.05, 3.63) is 117 Å². The van der Waals surface area contributed by atoms with Gasteiger partial charge in [-0.3, -0.25) is 19.2 Å². The Labute approximate surface area is 720 Å². The molecule has 0 saturated carbocycles. The molecule has 17 nitrogen and oxygen atoms in total. The van der Waals surface area contributed by atoms with E-state index in [2.05, 4.69) is 66.3 Å². The fourth-order valence-corrected chi connectivity index (χ4v) is 14.4. The van der Waals surface area contributed by atoms with Crippen molar-refractivity contribution >= 4 is 97.0 Å². The number of Topliss-reactive ketones (excluding diaryl/α,β-unsaturated/α-hetero) is 3. The molecule has 4 rings (SSSR count). The number of hydrogen-bond acceptors (Lipinski definition) is 18. The number of hydrogen-bond donors (Lipinski definition) is 5. The van der Waals surface area contributed by atoms with E-state index in [-0.39, 0.29) is 157 Å². The van der Waals surface area contributed by atoms with Crippen molar-refractivity contribution in [3.63, 3.8) is 0 Å². The molecule has 0 amide bonds. The zero-order valence-electron chi connectivity index (χ0n) is 61.4. The van der Waals surface area contributed by atoms with E-state index in [0.717, 1.165) is 60.7 Å². The topological polar surface area (TPSA) is 310 Å². The van der Waals surface area contributed by atoms with Crippen LogP contribution in [-0.4, -0.2) is 141 Å². The van der Waals surface area contributed by atoms with Gasteiger partial charge in [-0.2, -0.15) is 39.5 Å². The van der Waals surface area contributed by atoms with Crippen LogP contribution in [0, 0.1) is 36.0 Å². The van der Waals surface area contributed by atoms with Gasteiger partial charge >= 0.3 is 121 Å². The number of carbonyl (C=O) groups excluding carboxylic acids is 4. The number of halogens is 11. The number of thioether (sulfide) groups is 1. The van der Waals surface area contributed by atoms with Gasteiger partial charge in [-0.05, 0) is 143 Å². The van der Waals surface area contributed by atoms with Crippen LogP contribution in [0.25, 0.3) is 0 Å². The molecule has 105 heavy (non-hydrogen) atoms. The maximum absolute atomic E-state index is 12.3. The number of carbonyl (C=O) groups is 4. The second-order valence-corrected chi connectivity index (χ2v) is 31.7. The third-order valence-corrected chi connectivity index (χ3v) is 20.7. The van der Waals surface area contributed by atoms with Crippen molar-refractivity contribution in [3.8, 4) is 36.0 Å². The first kappa shape index (κ1) is 111. The van der Waals surface area contributed by atoms with E-state index >= 15 is 0 Å². The van der Waals surface area contributed by atoms with Crippen LogP contribution in [0.15, 0.2) is 126 Å². The number of nitrogens with two attached hydrogens (primary N) is 1. The molecule has 0 spiro atoms. The Bertz CT molecular complexity index is 3700. The Hall–Kier alpha value is -2.40. The largest absolute Gasteiger partial charge is 1.00 e. The van der Waals surface area contributed by atoms with Gasteiger partial charge in [-0.25, -0.2) is 25.3 Å². The van der Waals surface area contributed by atoms with E-state index < -0.39 is 119 Å². The Morgan fingerprint density at radius 2 is 0.829 bits per heavy atom. The van der Waals surface area contributed by atoms with Crippen LogP contribution in [0.4, 0.5) is 39.5 Å². The summed E-state index contributed by atoms with van der Waals surface area (Å²) in [5.74, 6) is 7.73. The molecule has 0 unspecified atom stereocenters. The Morgan fingerprint density at radius 3 is 1.12 bits per heavy atom. The monoisotopic (exact) mass is 1750 g/mol. The summed E-state index contributed by atoms with van der Waals surface area (Å²) in [6.07, 6.45) is -3.31. The van der Waals surface area contributed by atoms with Crippen molar-refractivity contribution in [2.24, 2.45) is 5.73 Å². The second kappa shape index (κ2) is 58.5. The van der Waals surface area contributed by atoms with E-state index in [1.54, 1.807) is 37.3 Å². The number of ketones is 3. The van der Waals surface area contributed by atoms with Crippen LogP contribution in [-0.2, 0) is 53.6 Å². The molecule has 0 bridgehead atoms. The van der Waals surface area contributed by atoms with Crippen molar-refractivity contribution in [2.75, 3.05) is 36.2 Å². The predicted molar refractivity (Wildman–Crippen MR) is 386 cm³/mol. The van der Waals surface area contributed by atoms with Gasteiger partial charge in [0.15, 0.2) is 29.5 Å². The Morgan fingerprint density at radius 1 is 0.533 bits per heavy atom. The number of alkyl halides is 9. The van der Waals surface area contributed by atoms with Crippen molar-refractivity contribution in [1.82, 2.24) is 0 Å². The molecular weight excluding hydrogens is 1660 g/mol. The first-order chi connectivity index (χ1) is 47.8. The zero-order valence-corrected chi connectivity index (χ0v) is 73.1. The fraction of sp³-hybridized carbons (Fsp3) is 0.521. The van der Waals surface area contributed by atoms with E-state index in [1.807, 2.05) is 65.8 Å². The third-order valence-electron chi connectivity index (χ3n) is 13.3. The van der Waals surface area contributed by atoms with Gasteiger partial charge in [-0.1, -0.05) is 166 Å². The van der Waals surface area contributed by atoms with Crippen molar-refractivity contribution < 1.29 is 219 Å². The van der Waals surface area contributed by atoms with Gasteiger partial charge in [0.25, 0.3) is 6.47 Å². The molecule has 0 aliphatic heterocycles. The van der Waals surface area contributed by atoms with Crippen LogP contribution in [0.5, 0.6) is 0 Å².